The molecule has 10 N–H and O–H groups in total. The third kappa shape index (κ3) is 10.1. The van der Waals surface area contributed by atoms with E-state index in [0.717, 1.165) is 5.56 Å². The lowest BCUT2D eigenvalue weighted by molar-refractivity contribution is -0.143. The summed E-state index contributed by atoms with van der Waals surface area (Å²) >= 11 is 0. The molecule has 0 bridgehead atoms. The van der Waals surface area contributed by atoms with Gasteiger partial charge in [-0.3, -0.25) is 19.2 Å². The van der Waals surface area contributed by atoms with Crippen molar-refractivity contribution in [1.82, 2.24) is 16.0 Å². The average Bonchev–Trinajstić information content (AvgIpc) is 2.87. The van der Waals surface area contributed by atoms with Gasteiger partial charge in [0.25, 0.3) is 0 Å². The number of phenolic OH excluding ortho intramolecular Hbond substituents is 1. The molecule has 0 aliphatic rings. The van der Waals surface area contributed by atoms with Crippen LogP contribution in [0.5, 0.6) is 5.75 Å². The van der Waals surface area contributed by atoms with Gasteiger partial charge in [-0.05, 0) is 36.6 Å². The molecule has 2 aromatic rings. The number of aromatic hydroxyl groups is 1. The van der Waals surface area contributed by atoms with Crippen molar-refractivity contribution in [1.29, 1.82) is 0 Å². The third-order valence-corrected chi connectivity index (χ3v) is 5.73. The molecule has 0 spiro atoms. The Morgan fingerprint density at radius 1 is 0.795 bits per heavy atom. The molecule has 0 radical (unpaired) electrons. The van der Waals surface area contributed by atoms with Gasteiger partial charge in [-0.25, -0.2) is 4.79 Å². The first-order valence-corrected chi connectivity index (χ1v) is 12.0. The first-order valence-electron chi connectivity index (χ1n) is 12.0. The number of carbonyl (C=O) groups excluding carboxylic acids is 4. The fourth-order valence-electron chi connectivity index (χ4n) is 3.64. The molecular formula is C26H33N5O8. The van der Waals surface area contributed by atoms with Crippen LogP contribution in [-0.2, 0) is 36.8 Å². The number of carbonyl (C=O) groups is 5. The van der Waals surface area contributed by atoms with E-state index in [1.54, 1.807) is 30.3 Å². The summed E-state index contributed by atoms with van der Waals surface area (Å²) in [4.78, 5) is 61.8. The second kappa shape index (κ2) is 14.4. The van der Waals surface area contributed by atoms with E-state index in [4.69, 9.17) is 11.5 Å². The van der Waals surface area contributed by atoms with E-state index in [0.29, 0.717) is 5.56 Å². The smallest absolute Gasteiger partial charge is 0.326 e. The van der Waals surface area contributed by atoms with Crippen LogP contribution in [0.4, 0.5) is 0 Å². The molecule has 2 rings (SSSR count). The van der Waals surface area contributed by atoms with Gasteiger partial charge < -0.3 is 42.7 Å². The highest BCUT2D eigenvalue weighted by Gasteiger charge is 2.33. The summed E-state index contributed by atoms with van der Waals surface area (Å²) in [5, 5.41) is 36.0. The van der Waals surface area contributed by atoms with Gasteiger partial charge in [-0.15, -0.1) is 0 Å². The highest BCUT2D eigenvalue weighted by molar-refractivity contribution is 5.96. The second-order valence-corrected chi connectivity index (χ2v) is 9.02. The highest BCUT2D eigenvalue weighted by Crippen LogP contribution is 2.12. The van der Waals surface area contributed by atoms with E-state index in [1.165, 1.54) is 31.2 Å². The minimum absolute atomic E-state index is 0.0230. The Labute approximate surface area is 224 Å². The molecule has 0 aromatic heterocycles. The average molecular weight is 544 g/mol. The molecule has 39 heavy (non-hydrogen) atoms. The third-order valence-electron chi connectivity index (χ3n) is 5.73. The molecule has 0 fully saturated rings. The predicted molar refractivity (Wildman–Crippen MR) is 139 cm³/mol. The Morgan fingerprint density at radius 2 is 1.36 bits per heavy atom. The number of hydrogen-bond acceptors (Lipinski definition) is 8. The van der Waals surface area contributed by atoms with Gasteiger partial charge in [0, 0.05) is 6.42 Å². The van der Waals surface area contributed by atoms with Crippen molar-refractivity contribution in [2.24, 2.45) is 11.5 Å². The molecule has 0 aliphatic heterocycles. The van der Waals surface area contributed by atoms with Crippen molar-refractivity contribution in [3.8, 4) is 5.75 Å². The van der Waals surface area contributed by atoms with Crippen molar-refractivity contribution in [3.05, 3.63) is 65.7 Å². The van der Waals surface area contributed by atoms with Crippen molar-refractivity contribution >= 4 is 29.6 Å². The van der Waals surface area contributed by atoms with E-state index in [2.05, 4.69) is 16.0 Å². The Balaban J connectivity index is 2.10. The van der Waals surface area contributed by atoms with Crippen LogP contribution in [0, 0.1) is 0 Å². The van der Waals surface area contributed by atoms with Gasteiger partial charge in [-0.2, -0.15) is 0 Å². The number of carboxylic acids is 1. The van der Waals surface area contributed by atoms with Gasteiger partial charge in [0.05, 0.1) is 18.6 Å². The van der Waals surface area contributed by atoms with Gasteiger partial charge in [0.2, 0.25) is 23.6 Å². The zero-order chi connectivity index (χ0) is 29.1. The zero-order valence-corrected chi connectivity index (χ0v) is 21.2. The number of phenols is 1. The van der Waals surface area contributed by atoms with Gasteiger partial charge in [0.15, 0.2) is 0 Å². The number of hydrogen-bond donors (Lipinski definition) is 8. The van der Waals surface area contributed by atoms with Crippen molar-refractivity contribution in [3.63, 3.8) is 0 Å². The summed E-state index contributed by atoms with van der Waals surface area (Å²) in [6.45, 7) is 1.19. The summed E-state index contributed by atoms with van der Waals surface area (Å²) < 4.78 is 0. The number of aliphatic carboxylic acids is 1. The van der Waals surface area contributed by atoms with Crippen LogP contribution in [0.1, 0.15) is 24.5 Å². The quantitative estimate of drug-likeness (QED) is 0.135. The lowest BCUT2D eigenvalue weighted by atomic mass is 10.0. The molecule has 210 valence electrons. The number of aliphatic hydroxyl groups excluding tert-OH is 1. The van der Waals surface area contributed by atoms with E-state index >= 15 is 0 Å². The number of carboxylic acid groups (broad SMARTS) is 1. The Kier molecular flexibility index (Phi) is 11.4. The van der Waals surface area contributed by atoms with Crippen LogP contribution in [0.15, 0.2) is 54.6 Å². The van der Waals surface area contributed by atoms with E-state index in [-0.39, 0.29) is 18.6 Å². The van der Waals surface area contributed by atoms with Crippen LogP contribution in [0.3, 0.4) is 0 Å². The molecule has 5 atom stereocenters. The fourth-order valence-corrected chi connectivity index (χ4v) is 3.64. The largest absolute Gasteiger partial charge is 0.508 e. The monoisotopic (exact) mass is 543 g/mol. The summed E-state index contributed by atoms with van der Waals surface area (Å²) in [5.41, 5.74) is 12.4. The van der Waals surface area contributed by atoms with Crippen molar-refractivity contribution in [2.75, 3.05) is 0 Å². The predicted octanol–water partition coefficient (Wildman–Crippen LogP) is -1.70. The standard InChI is InChI=1S/C26H33N5O8/c1-14(32)22(25(37)30-20(26(38)39)12-16-7-9-17(33)10-8-16)31-24(36)19(13-21(28)34)29-23(35)18(27)11-15-5-3-2-4-6-15/h2-10,14,18-20,22,32-33H,11-13,27H2,1H3,(H2,28,34)(H,29,35)(H,30,37)(H,31,36)(H,38,39). The molecule has 2 aromatic carbocycles. The molecule has 4 amide bonds. The van der Waals surface area contributed by atoms with Crippen LogP contribution in [0.25, 0.3) is 0 Å². The lowest BCUT2D eigenvalue weighted by Gasteiger charge is -2.26. The zero-order valence-electron chi connectivity index (χ0n) is 21.2. The number of nitrogens with one attached hydrogen (secondary N) is 3. The topological polar surface area (TPSA) is 234 Å². The number of amides is 4. The fraction of sp³-hybridized carbons (Fsp3) is 0.346. The molecule has 13 nitrogen and oxygen atoms in total. The Bertz CT molecular complexity index is 1160. The maximum atomic E-state index is 13.0. The maximum absolute atomic E-state index is 13.0. The van der Waals surface area contributed by atoms with Crippen LogP contribution in [-0.4, -0.2) is 75.2 Å². The highest BCUT2D eigenvalue weighted by atomic mass is 16.4. The lowest BCUT2D eigenvalue weighted by Crippen LogP contribution is -2.60. The van der Waals surface area contributed by atoms with Crippen LogP contribution < -0.4 is 27.4 Å². The number of aliphatic hydroxyl groups is 1. The number of benzene rings is 2. The molecule has 0 saturated carbocycles. The van der Waals surface area contributed by atoms with E-state index in [9.17, 15) is 39.3 Å². The number of nitrogens with two attached hydrogens (primary N) is 2. The van der Waals surface area contributed by atoms with Crippen molar-refractivity contribution < 1.29 is 39.3 Å². The number of primary amides is 1. The van der Waals surface area contributed by atoms with Gasteiger partial charge in [-0.1, -0.05) is 42.5 Å². The summed E-state index contributed by atoms with van der Waals surface area (Å²) in [5.74, 6) is -5.11. The maximum Gasteiger partial charge on any atom is 0.326 e. The van der Waals surface area contributed by atoms with E-state index in [1.807, 2.05) is 0 Å². The Morgan fingerprint density at radius 3 is 1.90 bits per heavy atom. The molecular weight excluding hydrogens is 510 g/mol. The molecule has 0 heterocycles. The summed E-state index contributed by atoms with van der Waals surface area (Å²) in [6.07, 6.45) is -2.11. The first kappa shape index (κ1) is 30.7. The molecule has 13 heteroatoms. The minimum atomic E-state index is -1.63. The SMILES string of the molecule is CC(O)C(NC(=O)C(CC(N)=O)NC(=O)C(N)Cc1ccccc1)C(=O)NC(Cc1ccc(O)cc1)C(=O)O. The van der Waals surface area contributed by atoms with Gasteiger partial charge >= 0.3 is 5.97 Å². The Hall–Kier alpha value is -4.49. The second-order valence-electron chi connectivity index (χ2n) is 9.02. The van der Waals surface area contributed by atoms with Crippen LogP contribution in [0.2, 0.25) is 0 Å². The van der Waals surface area contributed by atoms with E-state index < -0.39 is 66.3 Å². The van der Waals surface area contributed by atoms with Crippen molar-refractivity contribution in [2.45, 2.75) is 56.5 Å². The molecule has 0 saturated heterocycles. The summed E-state index contributed by atoms with van der Waals surface area (Å²) in [6, 6.07) is 8.87. The normalized spacial score (nSPS) is 14.6. The minimum Gasteiger partial charge on any atom is -0.508 e. The molecule has 5 unspecified atom stereocenters. The first-order chi connectivity index (χ1) is 18.4. The van der Waals surface area contributed by atoms with Crippen LogP contribution >= 0.6 is 0 Å². The number of rotatable bonds is 14. The summed E-state index contributed by atoms with van der Waals surface area (Å²) in [7, 11) is 0. The molecule has 0 aliphatic carbocycles. The van der Waals surface area contributed by atoms with Gasteiger partial charge in [0.1, 0.15) is 23.9 Å².